The van der Waals surface area contributed by atoms with Gasteiger partial charge in [-0.3, -0.25) is 0 Å². The third kappa shape index (κ3) is 5.31. The lowest BCUT2D eigenvalue weighted by molar-refractivity contribution is 0.302. The lowest BCUT2D eigenvalue weighted by Gasteiger charge is -2.24. The van der Waals surface area contributed by atoms with Gasteiger partial charge in [-0.15, -0.1) is 0 Å². The van der Waals surface area contributed by atoms with E-state index < -0.39 is 0 Å². The van der Waals surface area contributed by atoms with Gasteiger partial charge in [0.25, 0.3) is 5.88 Å². The van der Waals surface area contributed by atoms with Gasteiger partial charge in [0.05, 0.1) is 34.1 Å². The third-order valence-electron chi connectivity index (χ3n) is 4.55. The first-order valence-electron chi connectivity index (χ1n) is 9.71. The number of rotatable bonds is 10. The van der Waals surface area contributed by atoms with E-state index in [0.29, 0.717) is 37.3 Å². The molecule has 0 aliphatic carbocycles. The number of anilines is 1. The largest absolute Gasteiger partial charge is 0.497 e. The van der Waals surface area contributed by atoms with Crippen LogP contribution in [0.3, 0.4) is 0 Å². The second-order valence-corrected chi connectivity index (χ2v) is 6.53. The van der Waals surface area contributed by atoms with Crippen molar-refractivity contribution >= 4 is 5.95 Å². The Morgan fingerprint density at radius 2 is 1.30 bits per heavy atom. The highest BCUT2D eigenvalue weighted by Gasteiger charge is 2.16. The smallest absolute Gasteiger partial charge is 0.261 e. The van der Waals surface area contributed by atoms with Gasteiger partial charge >= 0.3 is 0 Å². The van der Waals surface area contributed by atoms with Crippen LogP contribution in [-0.4, -0.2) is 37.9 Å². The van der Waals surface area contributed by atoms with Crippen molar-refractivity contribution in [1.29, 1.82) is 0 Å². The number of methoxy groups -OCH3 is 3. The first kappa shape index (κ1) is 21.2. The molecule has 0 N–H and O–H groups in total. The SMILES string of the molecule is CCOc1cnc(N(Cc2ccc(OC)cc2)Cc2ccc(OC)cc2)nc1OC. The van der Waals surface area contributed by atoms with Crippen LogP contribution >= 0.6 is 0 Å². The zero-order valence-corrected chi connectivity index (χ0v) is 17.8. The standard InChI is InChI=1S/C23H27N3O4/c1-5-30-21-14-24-23(25-22(21)29-4)26(15-17-6-10-19(27-2)11-7-17)16-18-8-12-20(28-3)13-9-18/h6-14H,5,15-16H2,1-4H3. The highest BCUT2D eigenvalue weighted by atomic mass is 16.5. The summed E-state index contributed by atoms with van der Waals surface area (Å²) >= 11 is 0. The minimum atomic E-state index is 0.413. The second-order valence-electron chi connectivity index (χ2n) is 6.53. The Balaban J connectivity index is 1.90. The van der Waals surface area contributed by atoms with Gasteiger partial charge in [0.15, 0.2) is 5.75 Å². The fraction of sp³-hybridized carbons (Fsp3) is 0.304. The maximum Gasteiger partial charge on any atom is 0.261 e. The molecule has 7 heteroatoms. The molecule has 0 saturated carbocycles. The number of benzene rings is 2. The van der Waals surface area contributed by atoms with E-state index >= 15 is 0 Å². The maximum atomic E-state index is 5.55. The summed E-state index contributed by atoms with van der Waals surface area (Å²) in [5.41, 5.74) is 2.22. The molecule has 30 heavy (non-hydrogen) atoms. The van der Waals surface area contributed by atoms with Gasteiger partial charge in [-0.05, 0) is 42.3 Å². The van der Waals surface area contributed by atoms with Crippen molar-refractivity contribution in [3.63, 3.8) is 0 Å². The Labute approximate surface area is 177 Å². The monoisotopic (exact) mass is 409 g/mol. The molecule has 0 amide bonds. The van der Waals surface area contributed by atoms with Gasteiger partial charge < -0.3 is 23.8 Å². The van der Waals surface area contributed by atoms with Crippen molar-refractivity contribution in [1.82, 2.24) is 9.97 Å². The maximum absolute atomic E-state index is 5.55. The number of hydrogen-bond donors (Lipinski definition) is 0. The highest BCUT2D eigenvalue weighted by molar-refractivity contribution is 5.42. The van der Waals surface area contributed by atoms with Crippen LogP contribution in [0.2, 0.25) is 0 Å². The molecule has 2 aromatic carbocycles. The van der Waals surface area contributed by atoms with Crippen molar-refractivity contribution in [2.45, 2.75) is 20.0 Å². The minimum absolute atomic E-state index is 0.413. The predicted molar refractivity (Wildman–Crippen MR) is 116 cm³/mol. The molecule has 7 nitrogen and oxygen atoms in total. The van der Waals surface area contributed by atoms with Gasteiger partial charge in [0, 0.05) is 13.1 Å². The minimum Gasteiger partial charge on any atom is -0.497 e. The normalized spacial score (nSPS) is 10.4. The molecule has 3 rings (SSSR count). The number of nitrogens with zero attached hydrogens (tertiary/aromatic N) is 3. The van der Waals surface area contributed by atoms with E-state index in [1.807, 2.05) is 55.5 Å². The zero-order chi connectivity index (χ0) is 21.3. The lowest BCUT2D eigenvalue weighted by atomic mass is 10.1. The summed E-state index contributed by atoms with van der Waals surface area (Å²) in [4.78, 5) is 11.2. The Bertz CT molecular complexity index is 881. The Kier molecular flexibility index (Phi) is 7.32. The fourth-order valence-corrected chi connectivity index (χ4v) is 3.00. The first-order valence-corrected chi connectivity index (χ1v) is 9.71. The molecule has 3 aromatic rings. The molecule has 1 aromatic heterocycles. The van der Waals surface area contributed by atoms with Crippen LogP contribution in [0, 0.1) is 0 Å². The quantitative estimate of drug-likeness (QED) is 0.499. The second kappa shape index (κ2) is 10.3. The van der Waals surface area contributed by atoms with Crippen molar-refractivity contribution in [3.05, 3.63) is 65.9 Å². The summed E-state index contributed by atoms with van der Waals surface area (Å²) in [6.45, 7) is 3.66. The van der Waals surface area contributed by atoms with Crippen LogP contribution in [0.15, 0.2) is 54.7 Å². The Morgan fingerprint density at radius 1 is 0.767 bits per heavy atom. The average Bonchev–Trinajstić information content (AvgIpc) is 2.80. The summed E-state index contributed by atoms with van der Waals surface area (Å²) in [6.07, 6.45) is 1.65. The fourth-order valence-electron chi connectivity index (χ4n) is 3.00. The summed E-state index contributed by atoms with van der Waals surface area (Å²) in [6, 6.07) is 15.9. The highest BCUT2D eigenvalue weighted by Crippen LogP contribution is 2.27. The summed E-state index contributed by atoms with van der Waals surface area (Å²) in [5.74, 6) is 3.13. The van der Waals surface area contributed by atoms with Crippen molar-refractivity contribution < 1.29 is 18.9 Å². The molecular formula is C23H27N3O4. The van der Waals surface area contributed by atoms with E-state index in [0.717, 1.165) is 22.6 Å². The topological polar surface area (TPSA) is 65.9 Å². The molecule has 0 aliphatic heterocycles. The molecule has 0 bridgehead atoms. The van der Waals surface area contributed by atoms with Crippen molar-refractivity contribution in [2.24, 2.45) is 0 Å². The Morgan fingerprint density at radius 3 is 1.73 bits per heavy atom. The van der Waals surface area contributed by atoms with Gasteiger partial charge in [-0.1, -0.05) is 24.3 Å². The molecule has 0 radical (unpaired) electrons. The Hall–Kier alpha value is -3.48. The van der Waals surface area contributed by atoms with E-state index in [4.69, 9.17) is 18.9 Å². The van der Waals surface area contributed by atoms with Crippen LogP contribution in [0.4, 0.5) is 5.95 Å². The summed E-state index contributed by atoms with van der Waals surface area (Å²) < 4.78 is 21.5. The van der Waals surface area contributed by atoms with Gasteiger partial charge in [0.1, 0.15) is 11.5 Å². The van der Waals surface area contributed by atoms with E-state index in [1.54, 1.807) is 27.5 Å². The van der Waals surface area contributed by atoms with Crippen LogP contribution < -0.4 is 23.8 Å². The first-order chi connectivity index (χ1) is 14.7. The third-order valence-corrected chi connectivity index (χ3v) is 4.55. The van der Waals surface area contributed by atoms with Gasteiger partial charge in [-0.25, -0.2) is 4.98 Å². The lowest BCUT2D eigenvalue weighted by Crippen LogP contribution is -2.24. The van der Waals surface area contributed by atoms with E-state index in [-0.39, 0.29) is 0 Å². The molecule has 0 fully saturated rings. The van der Waals surface area contributed by atoms with Crippen LogP contribution in [0.5, 0.6) is 23.1 Å². The van der Waals surface area contributed by atoms with Crippen molar-refractivity contribution in [2.75, 3.05) is 32.8 Å². The predicted octanol–water partition coefficient (Wildman–Crippen LogP) is 4.11. The van der Waals surface area contributed by atoms with Gasteiger partial charge in [-0.2, -0.15) is 4.98 Å². The molecule has 158 valence electrons. The molecule has 1 heterocycles. The van der Waals surface area contributed by atoms with Crippen LogP contribution in [0.25, 0.3) is 0 Å². The van der Waals surface area contributed by atoms with E-state index in [9.17, 15) is 0 Å². The van der Waals surface area contributed by atoms with Crippen LogP contribution in [0.1, 0.15) is 18.1 Å². The molecule has 0 saturated heterocycles. The number of hydrogen-bond acceptors (Lipinski definition) is 7. The molecule has 0 atom stereocenters. The molecule has 0 unspecified atom stereocenters. The summed E-state index contributed by atoms with van der Waals surface area (Å²) in [5, 5.41) is 0. The zero-order valence-electron chi connectivity index (χ0n) is 17.8. The number of ether oxygens (including phenoxy) is 4. The summed E-state index contributed by atoms with van der Waals surface area (Å²) in [7, 11) is 4.89. The molecule has 0 spiro atoms. The van der Waals surface area contributed by atoms with Gasteiger partial charge in [0.2, 0.25) is 5.95 Å². The number of aromatic nitrogens is 2. The van der Waals surface area contributed by atoms with Crippen LogP contribution in [-0.2, 0) is 13.1 Å². The van der Waals surface area contributed by atoms with E-state index in [2.05, 4.69) is 14.9 Å². The van der Waals surface area contributed by atoms with Crippen molar-refractivity contribution in [3.8, 4) is 23.1 Å². The van der Waals surface area contributed by atoms with E-state index in [1.165, 1.54) is 0 Å². The average molecular weight is 409 g/mol. The molecular weight excluding hydrogens is 382 g/mol. The molecule has 0 aliphatic rings.